The van der Waals surface area contributed by atoms with Crippen LogP contribution in [0.15, 0.2) is 24.3 Å². The van der Waals surface area contributed by atoms with Crippen molar-refractivity contribution < 1.29 is 9.59 Å². The van der Waals surface area contributed by atoms with Crippen molar-refractivity contribution in [2.24, 2.45) is 0 Å². The van der Waals surface area contributed by atoms with Crippen molar-refractivity contribution in [1.29, 1.82) is 0 Å². The summed E-state index contributed by atoms with van der Waals surface area (Å²) < 4.78 is 0. The molecule has 2 fully saturated rings. The molecule has 0 saturated carbocycles. The molecule has 1 aromatic carbocycles. The van der Waals surface area contributed by atoms with Crippen LogP contribution in [0.3, 0.4) is 0 Å². The summed E-state index contributed by atoms with van der Waals surface area (Å²) in [6.45, 7) is 2.59. The zero-order valence-electron chi connectivity index (χ0n) is 11.4. The van der Waals surface area contributed by atoms with Crippen LogP contribution in [0.25, 0.3) is 0 Å². The van der Waals surface area contributed by atoms with Crippen LogP contribution in [0.2, 0.25) is 5.02 Å². The summed E-state index contributed by atoms with van der Waals surface area (Å²) in [5.41, 5.74) is 0.556. The van der Waals surface area contributed by atoms with E-state index in [0.717, 1.165) is 25.9 Å². The predicted molar refractivity (Wildman–Crippen MR) is 84.2 cm³/mol. The summed E-state index contributed by atoms with van der Waals surface area (Å²) in [7, 11) is 0. The molecule has 3 rings (SSSR count). The number of halogens is 2. The van der Waals surface area contributed by atoms with E-state index in [4.69, 9.17) is 11.6 Å². The summed E-state index contributed by atoms with van der Waals surface area (Å²) in [5.74, 6) is -0.191. The lowest BCUT2D eigenvalue weighted by Crippen LogP contribution is -2.41. The molecule has 0 spiro atoms. The lowest BCUT2D eigenvalue weighted by atomic mass is 10.2. The molecule has 21 heavy (non-hydrogen) atoms. The molecule has 1 unspecified atom stereocenters. The van der Waals surface area contributed by atoms with Crippen LogP contribution < -0.4 is 10.2 Å². The fourth-order valence-electron chi connectivity index (χ4n) is 2.71. The van der Waals surface area contributed by atoms with Crippen molar-refractivity contribution in [2.45, 2.75) is 18.9 Å². The van der Waals surface area contributed by atoms with Crippen molar-refractivity contribution in [1.82, 2.24) is 10.2 Å². The number of carbonyl (C=O) groups excluding carboxylic acids is 2. The Morgan fingerprint density at radius 2 is 1.76 bits per heavy atom. The summed E-state index contributed by atoms with van der Waals surface area (Å²) in [5, 5.41) is 3.33. The van der Waals surface area contributed by atoms with Gasteiger partial charge in [0.1, 0.15) is 6.04 Å². The Morgan fingerprint density at radius 3 is 2.38 bits per heavy atom. The van der Waals surface area contributed by atoms with Gasteiger partial charge in [0.25, 0.3) is 5.91 Å². The largest absolute Gasteiger partial charge is 0.329 e. The van der Waals surface area contributed by atoms with E-state index in [-0.39, 0.29) is 24.3 Å². The molecule has 0 aliphatic carbocycles. The number of urea groups is 1. The quantitative estimate of drug-likeness (QED) is 0.865. The van der Waals surface area contributed by atoms with E-state index in [9.17, 15) is 9.59 Å². The van der Waals surface area contributed by atoms with Gasteiger partial charge < -0.3 is 10.2 Å². The highest BCUT2D eigenvalue weighted by atomic mass is 35.5. The summed E-state index contributed by atoms with van der Waals surface area (Å²) >= 11 is 5.82. The van der Waals surface area contributed by atoms with Crippen molar-refractivity contribution in [3.05, 3.63) is 29.3 Å². The van der Waals surface area contributed by atoms with E-state index in [2.05, 4.69) is 10.2 Å². The molecule has 114 valence electrons. The summed E-state index contributed by atoms with van der Waals surface area (Å²) in [4.78, 5) is 27.8. The Kier molecular flexibility index (Phi) is 5.08. The van der Waals surface area contributed by atoms with Gasteiger partial charge >= 0.3 is 6.03 Å². The number of anilines is 1. The maximum Gasteiger partial charge on any atom is 0.329 e. The number of nitrogens with one attached hydrogen (secondary N) is 1. The third-order valence-corrected chi connectivity index (χ3v) is 4.00. The number of benzene rings is 1. The second-order valence-corrected chi connectivity index (χ2v) is 5.60. The average molecular weight is 330 g/mol. The summed E-state index contributed by atoms with van der Waals surface area (Å²) in [6, 6.07) is 5.89. The SMILES string of the molecule is Cl.O=C1NC(CN2CCCC2)C(=O)N1c1ccc(Cl)cc1. The molecule has 1 atom stereocenters. The molecule has 2 aliphatic heterocycles. The standard InChI is InChI=1S/C14H16ClN3O2.ClH/c15-10-3-5-11(6-4-10)18-13(19)12(16-14(18)20)9-17-7-1-2-8-17;/h3-6,12H,1-2,7-9H2,(H,16,20);1H. The highest BCUT2D eigenvalue weighted by molar-refractivity contribution is 6.30. The lowest BCUT2D eigenvalue weighted by molar-refractivity contribution is -0.118. The minimum Gasteiger partial charge on any atom is -0.324 e. The highest BCUT2D eigenvalue weighted by Gasteiger charge is 2.39. The number of hydrogen-bond donors (Lipinski definition) is 1. The van der Waals surface area contributed by atoms with Crippen LogP contribution in [0.4, 0.5) is 10.5 Å². The topological polar surface area (TPSA) is 52.7 Å². The van der Waals surface area contributed by atoms with Gasteiger partial charge in [-0.05, 0) is 50.2 Å². The maximum atomic E-state index is 12.4. The Morgan fingerprint density at radius 1 is 1.14 bits per heavy atom. The second kappa shape index (κ2) is 6.64. The number of carbonyl (C=O) groups is 2. The first-order valence-corrected chi connectivity index (χ1v) is 7.15. The van der Waals surface area contributed by atoms with Crippen LogP contribution in [0, 0.1) is 0 Å². The van der Waals surface area contributed by atoms with E-state index >= 15 is 0 Å². The van der Waals surface area contributed by atoms with Crippen LogP contribution in [0.1, 0.15) is 12.8 Å². The Labute approximate surface area is 134 Å². The fourth-order valence-corrected chi connectivity index (χ4v) is 2.84. The van der Waals surface area contributed by atoms with Gasteiger partial charge in [-0.2, -0.15) is 0 Å². The van der Waals surface area contributed by atoms with Crippen LogP contribution >= 0.6 is 24.0 Å². The minimum absolute atomic E-state index is 0. The molecule has 0 bridgehead atoms. The number of rotatable bonds is 3. The van der Waals surface area contributed by atoms with E-state index < -0.39 is 6.04 Å². The Bertz CT molecular complexity index is 530. The minimum atomic E-state index is -0.448. The van der Waals surface area contributed by atoms with Gasteiger partial charge in [0.2, 0.25) is 0 Å². The first kappa shape index (κ1) is 16.1. The second-order valence-electron chi connectivity index (χ2n) is 5.16. The number of hydrogen-bond acceptors (Lipinski definition) is 3. The first-order chi connectivity index (χ1) is 9.65. The molecular formula is C14H17Cl2N3O2. The number of nitrogens with zero attached hydrogens (tertiary/aromatic N) is 2. The molecule has 0 radical (unpaired) electrons. The molecule has 1 N–H and O–H groups in total. The van der Waals surface area contributed by atoms with E-state index in [1.165, 1.54) is 4.90 Å². The third kappa shape index (κ3) is 3.31. The number of amides is 3. The molecule has 5 nitrogen and oxygen atoms in total. The first-order valence-electron chi connectivity index (χ1n) is 6.77. The average Bonchev–Trinajstić information content (AvgIpc) is 3.02. The van der Waals surface area contributed by atoms with Gasteiger partial charge in [-0.3, -0.25) is 4.79 Å². The zero-order chi connectivity index (χ0) is 14.1. The Hall–Kier alpha value is -1.30. The number of likely N-dealkylation sites (tertiary alicyclic amines) is 1. The monoisotopic (exact) mass is 329 g/mol. The van der Waals surface area contributed by atoms with Crippen molar-refractivity contribution in [2.75, 3.05) is 24.5 Å². The van der Waals surface area contributed by atoms with Crippen molar-refractivity contribution in [3.8, 4) is 0 Å². The summed E-state index contributed by atoms with van der Waals surface area (Å²) in [6.07, 6.45) is 2.32. The van der Waals surface area contributed by atoms with Crippen LogP contribution in [0.5, 0.6) is 0 Å². The van der Waals surface area contributed by atoms with Crippen molar-refractivity contribution >= 4 is 41.6 Å². The fraction of sp³-hybridized carbons (Fsp3) is 0.429. The molecule has 2 saturated heterocycles. The highest BCUT2D eigenvalue weighted by Crippen LogP contribution is 2.22. The smallest absolute Gasteiger partial charge is 0.324 e. The van der Waals surface area contributed by atoms with Gasteiger partial charge in [0.05, 0.1) is 5.69 Å². The van der Waals surface area contributed by atoms with Crippen LogP contribution in [-0.2, 0) is 4.79 Å². The molecule has 2 aliphatic rings. The third-order valence-electron chi connectivity index (χ3n) is 3.74. The van der Waals surface area contributed by atoms with E-state index in [1.807, 2.05) is 0 Å². The zero-order valence-corrected chi connectivity index (χ0v) is 13.0. The maximum absolute atomic E-state index is 12.4. The molecule has 1 aromatic rings. The molecule has 0 aromatic heterocycles. The molecule has 3 amide bonds. The van der Waals surface area contributed by atoms with E-state index in [0.29, 0.717) is 17.3 Å². The molecule has 7 heteroatoms. The normalized spacial score (nSPS) is 22.3. The van der Waals surface area contributed by atoms with Gasteiger partial charge in [-0.1, -0.05) is 11.6 Å². The van der Waals surface area contributed by atoms with E-state index in [1.54, 1.807) is 24.3 Å². The van der Waals surface area contributed by atoms with Gasteiger partial charge in [-0.25, -0.2) is 9.69 Å². The van der Waals surface area contributed by atoms with Crippen molar-refractivity contribution in [3.63, 3.8) is 0 Å². The van der Waals surface area contributed by atoms with Crippen LogP contribution in [-0.4, -0.2) is 42.5 Å². The predicted octanol–water partition coefficient (Wildman–Crippen LogP) is 2.28. The molecular weight excluding hydrogens is 313 g/mol. The van der Waals surface area contributed by atoms with Gasteiger partial charge in [-0.15, -0.1) is 12.4 Å². The molecule has 2 heterocycles. The van der Waals surface area contributed by atoms with Gasteiger partial charge in [0, 0.05) is 11.6 Å². The lowest BCUT2D eigenvalue weighted by Gasteiger charge is -2.18. The Balaban J connectivity index is 0.00000161. The number of imide groups is 1. The van der Waals surface area contributed by atoms with Gasteiger partial charge in [0.15, 0.2) is 0 Å².